The van der Waals surface area contributed by atoms with Crippen molar-refractivity contribution in [3.63, 3.8) is 0 Å². The van der Waals surface area contributed by atoms with Crippen LogP contribution in [0.5, 0.6) is 0 Å². The molecule has 0 aromatic carbocycles. The fourth-order valence-electron chi connectivity index (χ4n) is 0.672. The summed E-state index contributed by atoms with van der Waals surface area (Å²) < 4.78 is 1.88. The lowest BCUT2D eigenvalue weighted by molar-refractivity contribution is 0.0832. The lowest BCUT2D eigenvalue weighted by atomic mass is 10.4. The van der Waals surface area contributed by atoms with Crippen LogP contribution in [-0.2, 0) is 0 Å². The Bertz CT molecular complexity index is 289. The molecule has 0 bridgehead atoms. The van der Waals surface area contributed by atoms with Crippen LogP contribution in [0.1, 0.15) is 9.67 Å². The second-order valence-corrected chi connectivity index (χ2v) is 5.66. The van der Waals surface area contributed by atoms with E-state index >= 15 is 0 Å². The molecule has 1 rings (SSSR count). The molecule has 5 heteroatoms. The van der Waals surface area contributed by atoms with Crippen LogP contribution < -0.4 is 0 Å². The predicted molar refractivity (Wildman–Crippen MR) is 57.7 cm³/mol. The Hall–Kier alpha value is 0.130. The van der Waals surface area contributed by atoms with Gasteiger partial charge in [0.05, 0.1) is 8.66 Å². The van der Waals surface area contributed by atoms with E-state index in [4.69, 9.17) is 0 Å². The van der Waals surface area contributed by atoms with Gasteiger partial charge in [-0.15, -0.1) is 11.3 Å². The van der Waals surface area contributed by atoms with Crippen molar-refractivity contribution in [2.45, 2.75) is 0 Å². The number of amides is 1. The first-order valence-electron chi connectivity index (χ1n) is 3.19. The number of halogens is 2. The quantitative estimate of drug-likeness (QED) is 0.780. The van der Waals surface area contributed by atoms with Gasteiger partial charge in [0.1, 0.15) is 0 Å². The molecule has 0 aliphatic rings. The fourth-order valence-corrected chi connectivity index (χ4v) is 2.73. The average molecular weight is 313 g/mol. The van der Waals surface area contributed by atoms with E-state index in [9.17, 15) is 4.79 Å². The van der Waals surface area contributed by atoms with Gasteiger partial charge in [-0.05, 0) is 37.9 Å². The van der Waals surface area contributed by atoms with Gasteiger partial charge < -0.3 is 4.90 Å². The first-order valence-corrected chi connectivity index (χ1v) is 5.59. The lowest BCUT2D eigenvalue weighted by Crippen LogP contribution is -2.20. The highest BCUT2D eigenvalue weighted by molar-refractivity contribution is 9.13. The summed E-state index contributed by atoms with van der Waals surface area (Å²) in [6.45, 7) is 0. The number of hydrogen-bond donors (Lipinski definition) is 0. The van der Waals surface area contributed by atoms with Crippen LogP contribution >= 0.6 is 43.2 Å². The van der Waals surface area contributed by atoms with Crippen molar-refractivity contribution >= 4 is 49.1 Å². The van der Waals surface area contributed by atoms with Gasteiger partial charge in [-0.3, -0.25) is 4.79 Å². The normalized spacial score (nSPS) is 10.0. The van der Waals surface area contributed by atoms with Crippen molar-refractivity contribution in [2.24, 2.45) is 0 Å². The largest absolute Gasteiger partial charge is 0.344 e. The van der Waals surface area contributed by atoms with E-state index < -0.39 is 0 Å². The molecule has 1 heterocycles. The molecular weight excluding hydrogens is 306 g/mol. The summed E-state index contributed by atoms with van der Waals surface area (Å²) in [6, 6.07) is 1.82. The number of hydrogen-bond acceptors (Lipinski definition) is 2. The smallest absolute Gasteiger partial charge is 0.263 e. The Labute approximate surface area is 91.8 Å². The first kappa shape index (κ1) is 10.2. The molecule has 0 aliphatic heterocycles. The van der Waals surface area contributed by atoms with Crippen LogP contribution in [-0.4, -0.2) is 24.9 Å². The van der Waals surface area contributed by atoms with E-state index in [1.54, 1.807) is 19.0 Å². The van der Waals surface area contributed by atoms with Crippen molar-refractivity contribution in [3.8, 4) is 0 Å². The van der Waals surface area contributed by atoms with Gasteiger partial charge in [-0.25, -0.2) is 0 Å². The minimum atomic E-state index is 0.0337. The summed E-state index contributed by atoms with van der Waals surface area (Å²) in [6.07, 6.45) is 0. The van der Waals surface area contributed by atoms with Crippen molar-refractivity contribution in [1.82, 2.24) is 4.90 Å². The number of nitrogens with zero attached hydrogens (tertiary/aromatic N) is 1. The van der Waals surface area contributed by atoms with Crippen LogP contribution in [0.25, 0.3) is 0 Å². The number of rotatable bonds is 1. The number of carbonyl (C=O) groups is 1. The second kappa shape index (κ2) is 3.89. The maximum atomic E-state index is 11.4. The maximum Gasteiger partial charge on any atom is 0.263 e. The lowest BCUT2D eigenvalue weighted by Gasteiger charge is -2.06. The van der Waals surface area contributed by atoms with Crippen molar-refractivity contribution in [1.29, 1.82) is 0 Å². The molecule has 0 spiro atoms. The Morgan fingerprint density at radius 3 is 2.42 bits per heavy atom. The molecule has 0 atom stereocenters. The Balaban J connectivity index is 2.97. The van der Waals surface area contributed by atoms with Gasteiger partial charge in [0.15, 0.2) is 0 Å². The zero-order valence-corrected chi connectivity index (χ0v) is 10.6. The molecule has 1 aromatic rings. The van der Waals surface area contributed by atoms with Crippen LogP contribution in [0.4, 0.5) is 0 Å². The van der Waals surface area contributed by atoms with Gasteiger partial charge in [-0.1, -0.05) is 0 Å². The molecule has 66 valence electrons. The highest BCUT2D eigenvalue weighted by Crippen LogP contribution is 2.32. The predicted octanol–water partition coefficient (Wildman–Crippen LogP) is 2.97. The summed E-state index contributed by atoms with van der Waals surface area (Å²) >= 11 is 8.09. The molecule has 12 heavy (non-hydrogen) atoms. The van der Waals surface area contributed by atoms with Crippen molar-refractivity contribution < 1.29 is 4.79 Å². The Morgan fingerprint density at radius 2 is 2.08 bits per heavy atom. The van der Waals surface area contributed by atoms with Gasteiger partial charge in [0.25, 0.3) is 5.91 Å². The average Bonchev–Trinajstić information content (AvgIpc) is 2.30. The van der Waals surface area contributed by atoms with Gasteiger partial charge in [0, 0.05) is 18.6 Å². The van der Waals surface area contributed by atoms with E-state index in [0.29, 0.717) is 0 Å². The minimum absolute atomic E-state index is 0.0337. The van der Waals surface area contributed by atoms with Crippen LogP contribution in [0.3, 0.4) is 0 Å². The first-order chi connectivity index (χ1) is 5.52. The summed E-state index contributed by atoms with van der Waals surface area (Å²) in [5.41, 5.74) is 0. The molecular formula is C7H7Br2NOS. The van der Waals surface area contributed by atoms with Gasteiger partial charge in [-0.2, -0.15) is 0 Å². The van der Waals surface area contributed by atoms with E-state index in [1.807, 2.05) is 6.07 Å². The molecule has 0 fully saturated rings. The fraction of sp³-hybridized carbons (Fsp3) is 0.286. The third-order valence-electron chi connectivity index (χ3n) is 1.26. The standard InChI is InChI=1S/C7H7Br2NOS/c1-10(2)7(11)5-3-4(8)6(9)12-5/h3H,1-2H3. The SMILES string of the molecule is CN(C)C(=O)c1cc(Br)c(Br)s1. The summed E-state index contributed by atoms with van der Waals surface area (Å²) in [5.74, 6) is 0.0337. The molecule has 1 aromatic heterocycles. The van der Waals surface area contributed by atoms with Crippen molar-refractivity contribution in [2.75, 3.05) is 14.1 Å². The zero-order chi connectivity index (χ0) is 9.30. The highest BCUT2D eigenvalue weighted by atomic mass is 79.9. The zero-order valence-electron chi connectivity index (χ0n) is 6.60. The van der Waals surface area contributed by atoms with Crippen LogP contribution in [0.15, 0.2) is 14.3 Å². The molecule has 0 saturated carbocycles. The van der Waals surface area contributed by atoms with E-state index in [0.717, 1.165) is 13.1 Å². The third kappa shape index (κ3) is 2.08. The summed E-state index contributed by atoms with van der Waals surface area (Å²) in [5, 5.41) is 0. The molecule has 1 amide bonds. The monoisotopic (exact) mass is 311 g/mol. The Morgan fingerprint density at radius 1 is 1.50 bits per heavy atom. The number of carbonyl (C=O) groups excluding carboxylic acids is 1. The third-order valence-corrected chi connectivity index (χ3v) is 4.51. The van der Waals surface area contributed by atoms with Gasteiger partial charge in [0.2, 0.25) is 0 Å². The molecule has 2 nitrogen and oxygen atoms in total. The molecule has 0 saturated heterocycles. The topological polar surface area (TPSA) is 20.3 Å². The highest BCUT2D eigenvalue weighted by Gasteiger charge is 2.12. The maximum absolute atomic E-state index is 11.4. The van der Waals surface area contributed by atoms with E-state index in [1.165, 1.54) is 11.3 Å². The van der Waals surface area contributed by atoms with Crippen molar-refractivity contribution in [3.05, 3.63) is 19.2 Å². The molecule has 0 unspecified atom stereocenters. The van der Waals surface area contributed by atoms with E-state index in [2.05, 4.69) is 31.9 Å². The molecule has 0 N–H and O–H groups in total. The van der Waals surface area contributed by atoms with Crippen LogP contribution in [0, 0.1) is 0 Å². The second-order valence-electron chi connectivity index (χ2n) is 2.43. The number of thiophene rings is 1. The summed E-state index contributed by atoms with van der Waals surface area (Å²) in [7, 11) is 3.48. The minimum Gasteiger partial charge on any atom is -0.344 e. The van der Waals surface area contributed by atoms with Crippen LogP contribution in [0.2, 0.25) is 0 Å². The van der Waals surface area contributed by atoms with Gasteiger partial charge >= 0.3 is 0 Å². The Kier molecular flexibility index (Phi) is 3.31. The van der Waals surface area contributed by atoms with E-state index in [-0.39, 0.29) is 5.91 Å². The molecule has 0 radical (unpaired) electrons. The molecule has 0 aliphatic carbocycles. The summed E-state index contributed by atoms with van der Waals surface area (Å²) in [4.78, 5) is 13.7.